The molecule has 1 rings (SSSR count). The van der Waals surface area contributed by atoms with Crippen molar-refractivity contribution in [2.24, 2.45) is 5.73 Å². The van der Waals surface area contributed by atoms with Crippen molar-refractivity contribution in [3.8, 4) is 5.75 Å². The van der Waals surface area contributed by atoms with Gasteiger partial charge in [-0.2, -0.15) is 0 Å². The molecule has 112 valence electrons. The number of ether oxygens (including phenoxy) is 1. The van der Waals surface area contributed by atoms with Crippen molar-refractivity contribution >= 4 is 5.91 Å². The minimum atomic E-state index is -0.0918. The van der Waals surface area contributed by atoms with E-state index < -0.39 is 0 Å². The van der Waals surface area contributed by atoms with Gasteiger partial charge in [0.2, 0.25) is 0 Å². The molecule has 0 saturated heterocycles. The van der Waals surface area contributed by atoms with Crippen LogP contribution in [0.4, 0.5) is 0 Å². The predicted molar refractivity (Wildman–Crippen MR) is 81.7 cm³/mol. The normalized spacial score (nSPS) is 13.6. The Bertz CT molecular complexity index is 421. The summed E-state index contributed by atoms with van der Waals surface area (Å²) >= 11 is 0. The van der Waals surface area contributed by atoms with Crippen LogP contribution in [0.1, 0.15) is 51.6 Å². The highest BCUT2D eigenvalue weighted by Gasteiger charge is 2.12. The number of hydrogen-bond acceptors (Lipinski definition) is 3. The second kappa shape index (κ2) is 8.59. The van der Waals surface area contributed by atoms with Gasteiger partial charge in [0.05, 0.1) is 0 Å². The number of amides is 1. The van der Waals surface area contributed by atoms with Crippen LogP contribution in [0.25, 0.3) is 0 Å². The lowest BCUT2D eigenvalue weighted by Crippen LogP contribution is -2.36. The summed E-state index contributed by atoms with van der Waals surface area (Å²) in [6.07, 6.45) is 2.86. The van der Waals surface area contributed by atoms with Crippen molar-refractivity contribution in [3.05, 3.63) is 29.8 Å². The molecule has 1 unspecified atom stereocenters. The summed E-state index contributed by atoms with van der Waals surface area (Å²) in [5.41, 5.74) is 6.99. The van der Waals surface area contributed by atoms with E-state index in [-0.39, 0.29) is 24.6 Å². The first-order chi connectivity index (χ1) is 9.58. The molecule has 2 atom stereocenters. The van der Waals surface area contributed by atoms with E-state index in [9.17, 15) is 4.79 Å². The predicted octanol–water partition coefficient (Wildman–Crippen LogP) is 2.78. The smallest absolute Gasteiger partial charge is 0.258 e. The Kier molecular flexibility index (Phi) is 7.09. The SMILES string of the molecule is CCCC(C)NC(=O)COc1ccccc1[C@@H](N)CC. The summed E-state index contributed by atoms with van der Waals surface area (Å²) in [7, 11) is 0. The van der Waals surface area contributed by atoms with E-state index in [1.54, 1.807) is 0 Å². The first-order valence-electron chi connectivity index (χ1n) is 7.35. The van der Waals surface area contributed by atoms with Crippen molar-refractivity contribution in [3.63, 3.8) is 0 Å². The van der Waals surface area contributed by atoms with Crippen LogP contribution in [0.15, 0.2) is 24.3 Å². The van der Waals surface area contributed by atoms with Crippen molar-refractivity contribution in [1.82, 2.24) is 5.32 Å². The fourth-order valence-electron chi connectivity index (χ4n) is 2.10. The molecule has 0 aliphatic rings. The molecule has 1 amide bonds. The largest absolute Gasteiger partial charge is 0.483 e. The Balaban J connectivity index is 2.55. The summed E-state index contributed by atoms with van der Waals surface area (Å²) in [4.78, 5) is 11.8. The zero-order chi connectivity index (χ0) is 15.0. The molecule has 4 heteroatoms. The van der Waals surface area contributed by atoms with Gasteiger partial charge in [0.25, 0.3) is 5.91 Å². The molecule has 1 aromatic rings. The Labute approximate surface area is 121 Å². The van der Waals surface area contributed by atoms with E-state index in [1.165, 1.54) is 0 Å². The van der Waals surface area contributed by atoms with E-state index in [0.29, 0.717) is 5.75 Å². The standard InChI is InChI=1S/C16H26N2O2/c1-4-8-12(3)18-16(19)11-20-15-10-7-6-9-13(15)14(17)5-2/h6-7,9-10,12,14H,4-5,8,11,17H2,1-3H3,(H,18,19)/t12?,14-/m0/s1. The molecule has 3 N–H and O–H groups in total. The lowest BCUT2D eigenvalue weighted by Gasteiger charge is -2.17. The van der Waals surface area contributed by atoms with Crippen molar-refractivity contribution < 1.29 is 9.53 Å². The van der Waals surface area contributed by atoms with Gasteiger partial charge in [-0.15, -0.1) is 0 Å². The van der Waals surface area contributed by atoms with Crippen LogP contribution in [-0.4, -0.2) is 18.6 Å². The highest BCUT2D eigenvalue weighted by Crippen LogP contribution is 2.25. The molecule has 1 aromatic carbocycles. The zero-order valence-corrected chi connectivity index (χ0v) is 12.7. The molecule has 0 bridgehead atoms. The summed E-state index contributed by atoms with van der Waals surface area (Å²) in [6, 6.07) is 7.74. The van der Waals surface area contributed by atoms with Crippen molar-refractivity contribution in [2.75, 3.05) is 6.61 Å². The third kappa shape index (κ3) is 5.21. The van der Waals surface area contributed by atoms with Crippen LogP contribution in [0, 0.1) is 0 Å². The van der Waals surface area contributed by atoms with Gasteiger partial charge in [0, 0.05) is 17.6 Å². The average Bonchev–Trinajstić information content (AvgIpc) is 2.44. The molecule has 0 radical (unpaired) electrons. The van der Waals surface area contributed by atoms with Crippen molar-refractivity contribution in [2.45, 2.75) is 52.1 Å². The molecule has 0 aliphatic carbocycles. The highest BCUT2D eigenvalue weighted by molar-refractivity contribution is 5.77. The Hall–Kier alpha value is -1.55. The Morgan fingerprint density at radius 3 is 2.70 bits per heavy atom. The summed E-state index contributed by atoms with van der Waals surface area (Å²) < 4.78 is 5.61. The van der Waals surface area contributed by atoms with Crippen LogP contribution in [0.5, 0.6) is 5.75 Å². The van der Waals surface area contributed by atoms with Gasteiger partial charge in [-0.05, 0) is 25.8 Å². The number of nitrogens with one attached hydrogen (secondary N) is 1. The Morgan fingerprint density at radius 2 is 2.05 bits per heavy atom. The second-order valence-electron chi connectivity index (χ2n) is 5.10. The van der Waals surface area contributed by atoms with Gasteiger partial charge < -0.3 is 15.8 Å². The average molecular weight is 278 g/mol. The summed E-state index contributed by atoms with van der Waals surface area (Å²) in [6.45, 7) is 6.16. The van der Waals surface area contributed by atoms with Gasteiger partial charge in [0.15, 0.2) is 6.61 Å². The summed E-state index contributed by atoms with van der Waals surface area (Å²) in [5, 5.41) is 2.92. The third-order valence-electron chi connectivity index (χ3n) is 3.25. The number of nitrogens with two attached hydrogens (primary N) is 1. The first kappa shape index (κ1) is 16.5. The first-order valence-corrected chi connectivity index (χ1v) is 7.35. The van der Waals surface area contributed by atoms with Crippen LogP contribution in [-0.2, 0) is 4.79 Å². The molecule has 0 saturated carbocycles. The molecule has 0 aromatic heterocycles. The number of carbonyl (C=O) groups is 1. The van der Waals surface area contributed by atoms with Crippen molar-refractivity contribution in [1.29, 1.82) is 0 Å². The Morgan fingerprint density at radius 1 is 1.35 bits per heavy atom. The van der Waals surface area contributed by atoms with Crippen LogP contribution < -0.4 is 15.8 Å². The maximum Gasteiger partial charge on any atom is 0.258 e. The zero-order valence-electron chi connectivity index (χ0n) is 12.7. The van der Waals surface area contributed by atoms with Gasteiger partial charge in [0.1, 0.15) is 5.75 Å². The maximum atomic E-state index is 11.8. The molecular weight excluding hydrogens is 252 g/mol. The molecule has 4 nitrogen and oxygen atoms in total. The molecule has 20 heavy (non-hydrogen) atoms. The van der Waals surface area contributed by atoms with Crippen LogP contribution in [0.2, 0.25) is 0 Å². The molecular formula is C16H26N2O2. The number of para-hydroxylation sites is 1. The topological polar surface area (TPSA) is 64.3 Å². The van der Waals surface area contributed by atoms with E-state index in [1.807, 2.05) is 38.1 Å². The number of carbonyl (C=O) groups excluding carboxylic acids is 1. The van der Waals surface area contributed by atoms with E-state index in [4.69, 9.17) is 10.5 Å². The fourth-order valence-corrected chi connectivity index (χ4v) is 2.10. The lowest BCUT2D eigenvalue weighted by molar-refractivity contribution is -0.123. The quantitative estimate of drug-likeness (QED) is 0.768. The molecule has 0 spiro atoms. The third-order valence-corrected chi connectivity index (χ3v) is 3.25. The number of rotatable bonds is 8. The van der Waals surface area contributed by atoms with Crippen LogP contribution >= 0.6 is 0 Å². The lowest BCUT2D eigenvalue weighted by atomic mass is 10.0. The fraction of sp³-hybridized carbons (Fsp3) is 0.562. The van der Waals surface area contributed by atoms with Gasteiger partial charge in [-0.1, -0.05) is 38.5 Å². The van der Waals surface area contributed by atoms with E-state index >= 15 is 0 Å². The molecule has 0 heterocycles. The maximum absolute atomic E-state index is 11.8. The summed E-state index contributed by atoms with van der Waals surface area (Å²) in [5.74, 6) is 0.603. The highest BCUT2D eigenvalue weighted by atomic mass is 16.5. The second-order valence-corrected chi connectivity index (χ2v) is 5.10. The minimum Gasteiger partial charge on any atom is -0.483 e. The number of benzene rings is 1. The molecule has 0 fully saturated rings. The van der Waals surface area contributed by atoms with Gasteiger partial charge in [-0.3, -0.25) is 4.79 Å². The van der Waals surface area contributed by atoms with Gasteiger partial charge in [-0.25, -0.2) is 0 Å². The minimum absolute atomic E-state index is 0.0293. The monoisotopic (exact) mass is 278 g/mol. The number of hydrogen-bond donors (Lipinski definition) is 2. The van der Waals surface area contributed by atoms with Crippen LogP contribution in [0.3, 0.4) is 0 Å². The van der Waals surface area contributed by atoms with E-state index in [2.05, 4.69) is 12.2 Å². The van der Waals surface area contributed by atoms with Gasteiger partial charge >= 0.3 is 0 Å². The van der Waals surface area contributed by atoms with E-state index in [0.717, 1.165) is 24.8 Å². The molecule has 0 aliphatic heterocycles.